The predicted molar refractivity (Wildman–Crippen MR) is 94.8 cm³/mol. The second kappa shape index (κ2) is 9.76. The van der Waals surface area contributed by atoms with Crippen LogP contribution in [0.4, 0.5) is 0 Å². The average Bonchev–Trinajstić information content (AvgIpc) is 2.67. The molecule has 10 nitrogen and oxygen atoms in total. The molecule has 0 amide bonds. The topological polar surface area (TPSA) is 174 Å². The van der Waals surface area contributed by atoms with Gasteiger partial charge in [-0.2, -0.15) is 0 Å². The minimum atomic E-state index is -0.703. The van der Waals surface area contributed by atoms with E-state index in [9.17, 15) is 9.59 Å². The van der Waals surface area contributed by atoms with Gasteiger partial charge in [0.25, 0.3) is 0 Å². The quantitative estimate of drug-likeness (QED) is 0.331. The molecule has 0 saturated carbocycles. The van der Waals surface area contributed by atoms with E-state index in [1.54, 1.807) is 0 Å². The Kier molecular flexibility index (Phi) is 7.75. The molecule has 0 aliphatic rings. The zero-order chi connectivity index (χ0) is 21.4. The second-order valence-corrected chi connectivity index (χ2v) is 5.35. The summed E-state index contributed by atoms with van der Waals surface area (Å²) in [5.74, 6) is -4.92. The highest BCUT2D eigenvalue weighted by Gasteiger charge is 2.14. The molecule has 0 atom stereocenters. The summed E-state index contributed by atoms with van der Waals surface area (Å²) in [5.41, 5.74) is -0.0356. The lowest BCUT2D eigenvalue weighted by molar-refractivity contribution is 0.0503. The second-order valence-electron chi connectivity index (χ2n) is 5.35. The predicted octanol–water partition coefficient (Wildman–Crippen LogP) is 1.96. The van der Waals surface area contributed by atoms with Crippen molar-refractivity contribution in [1.29, 1.82) is 0 Å². The van der Waals surface area contributed by atoms with Crippen LogP contribution in [0.25, 0.3) is 0 Å². The van der Waals surface area contributed by atoms with E-state index in [1.165, 1.54) is 7.11 Å². The Morgan fingerprint density at radius 1 is 0.750 bits per heavy atom. The van der Waals surface area contributed by atoms with E-state index < -0.39 is 46.4 Å². The number of hydrogen-bond acceptors (Lipinski definition) is 10. The molecule has 0 unspecified atom stereocenters. The van der Waals surface area contributed by atoms with E-state index in [0.29, 0.717) is 6.42 Å². The lowest BCUT2D eigenvalue weighted by Gasteiger charge is -2.05. The molecule has 0 aliphatic heterocycles. The van der Waals surface area contributed by atoms with Gasteiger partial charge in [0.05, 0.1) is 24.8 Å². The van der Waals surface area contributed by atoms with E-state index in [-0.39, 0.29) is 17.7 Å². The van der Waals surface area contributed by atoms with Crippen molar-refractivity contribution in [3.63, 3.8) is 0 Å². The van der Waals surface area contributed by atoms with Gasteiger partial charge in [-0.3, -0.25) is 0 Å². The number of phenolic OH excluding ortho intramolecular Hbond substituents is 6. The van der Waals surface area contributed by atoms with Crippen LogP contribution in [0, 0.1) is 0 Å². The Labute approximate surface area is 159 Å². The van der Waals surface area contributed by atoms with Gasteiger partial charge >= 0.3 is 11.9 Å². The van der Waals surface area contributed by atoms with Crippen LogP contribution in [0.1, 0.15) is 34.1 Å². The summed E-state index contributed by atoms with van der Waals surface area (Å²) in [6, 6.07) is 4.07. The highest BCUT2D eigenvalue weighted by molar-refractivity contribution is 5.91. The Bertz CT molecular complexity index is 813. The van der Waals surface area contributed by atoms with E-state index in [2.05, 4.69) is 4.74 Å². The number of carbonyl (C=O) groups excluding carboxylic acids is 2. The molecule has 0 spiro atoms. The largest absolute Gasteiger partial charge is 0.504 e. The SMILES string of the molecule is CCCOC(=O)c1cc(O)c(O)c(O)c1.COC(=O)c1cc(O)c(O)c(O)c1. The minimum Gasteiger partial charge on any atom is -0.504 e. The number of ether oxygens (including phenoxy) is 2. The first-order chi connectivity index (χ1) is 13.1. The molecule has 10 heteroatoms. The Morgan fingerprint density at radius 3 is 1.43 bits per heavy atom. The lowest BCUT2D eigenvalue weighted by Crippen LogP contribution is -2.05. The van der Waals surface area contributed by atoms with E-state index in [0.717, 1.165) is 24.3 Å². The van der Waals surface area contributed by atoms with Crippen molar-refractivity contribution in [3.05, 3.63) is 35.4 Å². The van der Waals surface area contributed by atoms with Crippen LogP contribution in [0.2, 0.25) is 0 Å². The van der Waals surface area contributed by atoms with Crippen molar-refractivity contribution < 1.29 is 49.7 Å². The molecule has 28 heavy (non-hydrogen) atoms. The van der Waals surface area contributed by atoms with Gasteiger partial charge in [0.1, 0.15) is 0 Å². The maximum absolute atomic E-state index is 11.3. The third-order valence-corrected chi connectivity index (χ3v) is 3.23. The zero-order valence-corrected chi connectivity index (χ0v) is 15.0. The Morgan fingerprint density at radius 2 is 1.11 bits per heavy atom. The van der Waals surface area contributed by atoms with Crippen molar-refractivity contribution in [2.24, 2.45) is 0 Å². The number of methoxy groups -OCH3 is 1. The first-order valence-electron chi connectivity index (χ1n) is 7.87. The van der Waals surface area contributed by atoms with Gasteiger partial charge in [-0.25, -0.2) is 9.59 Å². The molecule has 2 aromatic carbocycles. The molecule has 2 aromatic rings. The highest BCUT2D eigenvalue weighted by Crippen LogP contribution is 2.36. The molecule has 0 saturated heterocycles. The van der Waals surface area contributed by atoms with E-state index in [4.69, 9.17) is 35.4 Å². The van der Waals surface area contributed by atoms with Gasteiger partial charge < -0.3 is 40.1 Å². The molecule has 0 heterocycles. The maximum atomic E-state index is 11.3. The first-order valence-corrected chi connectivity index (χ1v) is 7.87. The molecule has 0 fully saturated rings. The lowest BCUT2D eigenvalue weighted by atomic mass is 10.2. The summed E-state index contributed by atoms with van der Waals surface area (Å²) < 4.78 is 9.13. The van der Waals surface area contributed by atoms with Crippen LogP contribution >= 0.6 is 0 Å². The number of esters is 2. The van der Waals surface area contributed by atoms with Crippen LogP contribution < -0.4 is 0 Å². The number of benzene rings is 2. The average molecular weight is 396 g/mol. The van der Waals surface area contributed by atoms with Gasteiger partial charge in [-0.05, 0) is 30.7 Å². The van der Waals surface area contributed by atoms with Crippen LogP contribution in [0.3, 0.4) is 0 Å². The Hall–Kier alpha value is -3.82. The summed E-state index contributed by atoms with van der Waals surface area (Å²) in [5, 5.41) is 54.3. The van der Waals surface area contributed by atoms with Gasteiger partial charge in [0.15, 0.2) is 34.5 Å². The number of hydrogen-bond donors (Lipinski definition) is 6. The van der Waals surface area contributed by atoms with Crippen LogP contribution in [0.5, 0.6) is 34.5 Å². The summed E-state index contributed by atoms with van der Waals surface area (Å²) in [6.07, 6.45) is 0.682. The Balaban J connectivity index is 0.000000283. The van der Waals surface area contributed by atoms with Gasteiger partial charge in [-0.15, -0.1) is 0 Å². The fraction of sp³-hybridized carbons (Fsp3) is 0.222. The molecule has 0 aliphatic carbocycles. The number of carbonyl (C=O) groups is 2. The molecule has 0 aromatic heterocycles. The highest BCUT2D eigenvalue weighted by atomic mass is 16.5. The minimum absolute atomic E-state index is 0.00347. The molecule has 6 N–H and O–H groups in total. The zero-order valence-electron chi connectivity index (χ0n) is 15.0. The first kappa shape index (κ1) is 22.2. The van der Waals surface area contributed by atoms with Crippen molar-refractivity contribution >= 4 is 11.9 Å². The van der Waals surface area contributed by atoms with Crippen molar-refractivity contribution in [1.82, 2.24) is 0 Å². The molecule has 0 radical (unpaired) electrons. The summed E-state index contributed by atoms with van der Waals surface area (Å²) in [7, 11) is 1.17. The maximum Gasteiger partial charge on any atom is 0.338 e. The smallest absolute Gasteiger partial charge is 0.338 e. The van der Waals surface area contributed by atoms with Gasteiger partial charge in [0, 0.05) is 0 Å². The van der Waals surface area contributed by atoms with Crippen LogP contribution in [-0.2, 0) is 9.47 Å². The molecule has 2 rings (SSSR count). The normalized spacial score (nSPS) is 9.79. The third-order valence-electron chi connectivity index (χ3n) is 3.23. The van der Waals surface area contributed by atoms with Gasteiger partial charge in [0.2, 0.25) is 0 Å². The van der Waals surface area contributed by atoms with Crippen LogP contribution in [0.15, 0.2) is 24.3 Å². The fourth-order valence-corrected chi connectivity index (χ4v) is 1.84. The van der Waals surface area contributed by atoms with Crippen molar-refractivity contribution in [2.45, 2.75) is 13.3 Å². The molecule has 152 valence electrons. The monoisotopic (exact) mass is 396 g/mol. The van der Waals surface area contributed by atoms with Crippen LogP contribution in [-0.4, -0.2) is 56.3 Å². The van der Waals surface area contributed by atoms with Crippen molar-refractivity contribution in [3.8, 4) is 34.5 Å². The summed E-state index contributed by atoms with van der Waals surface area (Å²) >= 11 is 0. The number of phenols is 6. The molecular weight excluding hydrogens is 376 g/mol. The van der Waals surface area contributed by atoms with E-state index in [1.807, 2.05) is 6.92 Å². The summed E-state index contributed by atoms with van der Waals surface area (Å²) in [6.45, 7) is 2.11. The summed E-state index contributed by atoms with van der Waals surface area (Å²) in [4.78, 5) is 22.2. The molecule has 0 bridgehead atoms. The standard InChI is InChI=1S/C10H12O5.C8H8O5/c1-2-3-15-10(14)6-4-7(11)9(13)8(12)5-6;1-13-8(12)4-2-5(9)7(11)6(10)3-4/h4-5,11-13H,2-3H2,1H3;2-3,9-11H,1H3. The van der Waals surface area contributed by atoms with Gasteiger partial charge in [-0.1, -0.05) is 6.92 Å². The van der Waals surface area contributed by atoms with E-state index >= 15 is 0 Å². The number of rotatable bonds is 4. The fourth-order valence-electron chi connectivity index (χ4n) is 1.84. The third kappa shape index (κ3) is 5.59. The number of aromatic hydroxyl groups is 6. The molecular formula is C18H20O10. The van der Waals surface area contributed by atoms with Crippen molar-refractivity contribution in [2.75, 3.05) is 13.7 Å².